The summed E-state index contributed by atoms with van der Waals surface area (Å²) in [6.45, 7) is 5.57. The SMILES string of the molecule is CCC1CCC(=O)C(CN(CC)c2ccccc2F)C1. The van der Waals surface area contributed by atoms with Gasteiger partial charge in [0, 0.05) is 25.4 Å². The largest absolute Gasteiger partial charge is 0.369 e. The molecule has 2 unspecified atom stereocenters. The monoisotopic (exact) mass is 277 g/mol. The average Bonchev–Trinajstić information content (AvgIpc) is 2.47. The van der Waals surface area contributed by atoms with Crippen LogP contribution in [0.1, 0.15) is 39.5 Å². The number of nitrogens with zero attached hydrogens (tertiary/aromatic N) is 1. The molecule has 2 rings (SSSR count). The molecule has 0 radical (unpaired) electrons. The van der Waals surface area contributed by atoms with Gasteiger partial charge in [-0.3, -0.25) is 4.79 Å². The number of Topliss-reactive ketones (excluding diaryl/α,β-unsaturated/α-hetero) is 1. The molecule has 0 amide bonds. The van der Waals surface area contributed by atoms with Gasteiger partial charge >= 0.3 is 0 Å². The molecule has 110 valence electrons. The third kappa shape index (κ3) is 3.38. The number of hydrogen-bond acceptors (Lipinski definition) is 2. The molecule has 1 aromatic rings. The molecule has 0 aliphatic heterocycles. The number of anilines is 1. The van der Waals surface area contributed by atoms with Gasteiger partial charge in [0.1, 0.15) is 11.6 Å². The molecule has 0 N–H and O–H groups in total. The van der Waals surface area contributed by atoms with Crippen LogP contribution < -0.4 is 4.90 Å². The minimum absolute atomic E-state index is 0.0632. The van der Waals surface area contributed by atoms with Crippen LogP contribution in [0.25, 0.3) is 0 Å². The zero-order valence-electron chi connectivity index (χ0n) is 12.4. The third-order valence-corrected chi connectivity index (χ3v) is 4.47. The Bertz CT molecular complexity index is 460. The lowest BCUT2D eigenvalue weighted by Crippen LogP contribution is -2.37. The summed E-state index contributed by atoms with van der Waals surface area (Å²) in [4.78, 5) is 14.1. The summed E-state index contributed by atoms with van der Waals surface area (Å²) in [5.74, 6) is 0.861. The smallest absolute Gasteiger partial charge is 0.146 e. The average molecular weight is 277 g/mol. The van der Waals surface area contributed by atoms with Gasteiger partial charge in [-0.05, 0) is 37.8 Å². The summed E-state index contributed by atoms with van der Waals surface area (Å²) in [5, 5.41) is 0. The fraction of sp³-hybridized carbons (Fsp3) is 0.588. The highest BCUT2D eigenvalue weighted by molar-refractivity contribution is 5.82. The van der Waals surface area contributed by atoms with Crippen molar-refractivity contribution in [1.82, 2.24) is 0 Å². The van der Waals surface area contributed by atoms with Gasteiger partial charge < -0.3 is 4.90 Å². The Hall–Kier alpha value is -1.38. The van der Waals surface area contributed by atoms with E-state index in [-0.39, 0.29) is 11.7 Å². The van der Waals surface area contributed by atoms with E-state index in [1.54, 1.807) is 12.1 Å². The van der Waals surface area contributed by atoms with E-state index in [0.29, 0.717) is 30.4 Å². The van der Waals surface area contributed by atoms with E-state index in [0.717, 1.165) is 25.8 Å². The standard InChI is InChI=1S/C17H24FNO/c1-3-13-9-10-17(20)14(11-13)12-19(4-2)16-8-6-5-7-15(16)18/h5-8,13-14H,3-4,9-12H2,1-2H3. The van der Waals surface area contributed by atoms with Gasteiger partial charge in [0.05, 0.1) is 5.69 Å². The van der Waals surface area contributed by atoms with E-state index in [9.17, 15) is 9.18 Å². The number of benzene rings is 1. The van der Waals surface area contributed by atoms with Crippen LogP contribution >= 0.6 is 0 Å². The summed E-state index contributed by atoms with van der Waals surface area (Å²) in [6, 6.07) is 6.82. The zero-order chi connectivity index (χ0) is 14.5. The maximum Gasteiger partial charge on any atom is 0.146 e. The van der Waals surface area contributed by atoms with Crippen LogP contribution in [0.5, 0.6) is 0 Å². The van der Waals surface area contributed by atoms with Gasteiger partial charge in [0.15, 0.2) is 0 Å². The summed E-state index contributed by atoms with van der Waals surface area (Å²) in [6.07, 6.45) is 3.81. The number of halogens is 1. The molecule has 1 aliphatic rings. The second-order valence-corrected chi connectivity index (χ2v) is 5.70. The minimum atomic E-state index is -0.204. The Balaban J connectivity index is 2.09. The molecule has 0 aromatic heterocycles. The lowest BCUT2D eigenvalue weighted by molar-refractivity contribution is -0.125. The van der Waals surface area contributed by atoms with Crippen molar-refractivity contribution in [2.45, 2.75) is 39.5 Å². The third-order valence-electron chi connectivity index (χ3n) is 4.47. The number of rotatable bonds is 5. The zero-order valence-corrected chi connectivity index (χ0v) is 12.4. The van der Waals surface area contributed by atoms with Crippen molar-refractivity contribution < 1.29 is 9.18 Å². The Morgan fingerprint density at radius 2 is 2.05 bits per heavy atom. The quantitative estimate of drug-likeness (QED) is 0.809. The van der Waals surface area contributed by atoms with E-state index in [1.165, 1.54) is 6.07 Å². The van der Waals surface area contributed by atoms with Crippen LogP contribution in [0.2, 0.25) is 0 Å². The van der Waals surface area contributed by atoms with Crippen LogP contribution in [0.15, 0.2) is 24.3 Å². The van der Waals surface area contributed by atoms with E-state index in [2.05, 4.69) is 6.92 Å². The Kier molecular flexibility index (Phi) is 5.16. The van der Waals surface area contributed by atoms with Gasteiger partial charge in [-0.1, -0.05) is 25.5 Å². The van der Waals surface area contributed by atoms with Gasteiger partial charge in [0.2, 0.25) is 0 Å². The second kappa shape index (κ2) is 6.87. The van der Waals surface area contributed by atoms with Crippen LogP contribution in [0, 0.1) is 17.7 Å². The molecule has 2 nitrogen and oxygen atoms in total. The van der Waals surface area contributed by atoms with E-state index in [1.807, 2.05) is 17.9 Å². The Morgan fingerprint density at radius 1 is 1.30 bits per heavy atom. The summed E-state index contributed by atoms with van der Waals surface area (Å²) < 4.78 is 13.9. The van der Waals surface area contributed by atoms with Crippen molar-refractivity contribution in [3.05, 3.63) is 30.1 Å². The molecule has 1 aliphatic carbocycles. The highest BCUT2D eigenvalue weighted by Crippen LogP contribution is 2.30. The fourth-order valence-electron chi connectivity index (χ4n) is 3.12. The molecule has 1 saturated carbocycles. The number of hydrogen-bond donors (Lipinski definition) is 0. The van der Waals surface area contributed by atoms with Crippen molar-refractivity contribution in [2.75, 3.05) is 18.0 Å². The summed E-state index contributed by atoms with van der Waals surface area (Å²) in [7, 11) is 0. The highest BCUT2D eigenvalue weighted by Gasteiger charge is 2.29. The molecule has 0 bridgehead atoms. The first kappa shape index (κ1) is 15.0. The predicted octanol–water partition coefficient (Wildman–Crippen LogP) is 4.05. The molecule has 1 fully saturated rings. The highest BCUT2D eigenvalue weighted by atomic mass is 19.1. The van der Waals surface area contributed by atoms with Crippen LogP contribution in [0.4, 0.5) is 10.1 Å². The van der Waals surface area contributed by atoms with Crippen molar-refractivity contribution in [2.24, 2.45) is 11.8 Å². The first-order valence-electron chi connectivity index (χ1n) is 7.67. The van der Waals surface area contributed by atoms with Gasteiger partial charge in [0.25, 0.3) is 0 Å². The molecule has 0 heterocycles. The van der Waals surface area contributed by atoms with E-state index >= 15 is 0 Å². The lowest BCUT2D eigenvalue weighted by atomic mass is 9.79. The second-order valence-electron chi connectivity index (χ2n) is 5.70. The van der Waals surface area contributed by atoms with Crippen molar-refractivity contribution in [1.29, 1.82) is 0 Å². The number of ketones is 1. The molecular weight excluding hydrogens is 253 g/mol. The maximum atomic E-state index is 13.9. The minimum Gasteiger partial charge on any atom is -0.369 e. The molecule has 0 saturated heterocycles. The number of carbonyl (C=O) groups is 1. The maximum absolute atomic E-state index is 13.9. The lowest BCUT2D eigenvalue weighted by Gasteiger charge is -2.32. The fourth-order valence-corrected chi connectivity index (χ4v) is 3.12. The molecule has 3 heteroatoms. The van der Waals surface area contributed by atoms with Crippen LogP contribution in [-0.2, 0) is 4.79 Å². The van der Waals surface area contributed by atoms with E-state index in [4.69, 9.17) is 0 Å². The van der Waals surface area contributed by atoms with Crippen LogP contribution in [0.3, 0.4) is 0 Å². The van der Waals surface area contributed by atoms with E-state index < -0.39 is 0 Å². The molecule has 0 spiro atoms. The number of para-hydroxylation sites is 1. The number of carbonyl (C=O) groups excluding carboxylic acids is 1. The molecular formula is C17H24FNO. The topological polar surface area (TPSA) is 20.3 Å². The van der Waals surface area contributed by atoms with Crippen molar-refractivity contribution in [3.63, 3.8) is 0 Å². The summed E-state index contributed by atoms with van der Waals surface area (Å²) in [5.41, 5.74) is 0.612. The van der Waals surface area contributed by atoms with Crippen molar-refractivity contribution in [3.8, 4) is 0 Å². The Morgan fingerprint density at radius 3 is 2.70 bits per heavy atom. The normalized spacial score (nSPS) is 22.9. The Labute approximate surface area is 121 Å². The first-order chi connectivity index (χ1) is 9.65. The van der Waals surface area contributed by atoms with Crippen LogP contribution in [-0.4, -0.2) is 18.9 Å². The molecule has 1 aromatic carbocycles. The molecule has 20 heavy (non-hydrogen) atoms. The first-order valence-corrected chi connectivity index (χ1v) is 7.67. The van der Waals surface area contributed by atoms with Crippen molar-refractivity contribution >= 4 is 11.5 Å². The van der Waals surface area contributed by atoms with Gasteiger partial charge in [-0.25, -0.2) is 4.39 Å². The molecule has 2 atom stereocenters. The predicted molar refractivity (Wildman–Crippen MR) is 80.4 cm³/mol. The van der Waals surface area contributed by atoms with Gasteiger partial charge in [-0.2, -0.15) is 0 Å². The van der Waals surface area contributed by atoms with Gasteiger partial charge in [-0.15, -0.1) is 0 Å². The summed E-state index contributed by atoms with van der Waals surface area (Å²) >= 11 is 0.